The third kappa shape index (κ3) is 3.18. The van der Waals surface area contributed by atoms with E-state index < -0.39 is 0 Å². The van der Waals surface area contributed by atoms with Gasteiger partial charge in [-0.05, 0) is 6.42 Å². The molecule has 1 rings (SSSR count). The van der Waals surface area contributed by atoms with Gasteiger partial charge in [0, 0.05) is 19.5 Å². The van der Waals surface area contributed by atoms with Crippen LogP contribution in [0.2, 0.25) is 0 Å². The zero-order chi connectivity index (χ0) is 10.6. The SMILES string of the molecule is CCCNC(=O)CN1CC(Cl)CC1=O. The lowest BCUT2D eigenvalue weighted by atomic mass is 10.4. The number of carbonyl (C=O) groups is 2. The maximum absolute atomic E-state index is 11.3. The van der Waals surface area contributed by atoms with Gasteiger partial charge in [0.15, 0.2) is 0 Å². The Morgan fingerprint density at radius 1 is 1.71 bits per heavy atom. The first-order valence-electron chi connectivity index (χ1n) is 4.82. The summed E-state index contributed by atoms with van der Waals surface area (Å²) in [6.45, 7) is 3.27. The Labute approximate surface area is 88.6 Å². The molecule has 0 bridgehead atoms. The predicted molar refractivity (Wildman–Crippen MR) is 54.1 cm³/mol. The molecule has 0 aliphatic carbocycles. The number of nitrogens with zero attached hydrogens (tertiary/aromatic N) is 1. The van der Waals surface area contributed by atoms with Gasteiger partial charge in [0.2, 0.25) is 11.8 Å². The number of nitrogens with one attached hydrogen (secondary N) is 1. The van der Waals surface area contributed by atoms with Crippen LogP contribution in [0.15, 0.2) is 0 Å². The molecule has 1 heterocycles. The summed E-state index contributed by atoms with van der Waals surface area (Å²) in [6, 6.07) is 0. The molecule has 2 amide bonds. The van der Waals surface area contributed by atoms with Crippen molar-refractivity contribution in [2.24, 2.45) is 0 Å². The Morgan fingerprint density at radius 3 is 2.93 bits per heavy atom. The van der Waals surface area contributed by atoms with Crippen molar-refractivity contribution in [3.05, 3.63) is 0 Å². The maximum atomic E-state index is 11.3. The number of amides is 2. The second-order valence-corrected chi connectivity index (χ2v) is 4.04. The third-order valence-corrected chi connectivity index (χ3v) is 2.37. The molecule has 5 heteroatoms. The molecule has 0 aromatic heterocycles. The lowest BCUT2D eigenvalue weighted by Gasteiger charge is -2.14. The Balaban J connectivity index is 2.30. The molecule has 1 unspecified atom stereocenters. The van der Waals surface area contributed by atoms with Crippen LogP contribution in [0.25, 0.3) is 0 Å². The van der Waals surface area contributed by atoms with Crippen LogP contribution in [0.4, 0.5) is 0 Å². The highest BCUT2D eigenvalue weighted by molar-refractivity contribution is 6.22. The number of rotatable bonds is 4. The lowest BCUT2D eigenvalue weighted by molar-refractivity contribution is -0.133. The van der Waals surface area contributed by atoms with Gasteiger partial charge in [-0.3, -0.25) is 9.59 Å². The normalized spacial score (nSPS) is 21.4. The van der Waals surface area contributed by atoms with Crippen LogP contribution in [0.3, 0.4) is 0 Å². The number of carbonyl (C=O) groups excluding carboxylic acids is 2. The van der Waals surface area contributed by atoms with Crippen molar-refractivity contribution in [1.29, 1.82) is 0 Å². The molecule has 0 spiro atoms. The highest BCUT2D eigenvalue weighted by atomic mass is 35.5. The number of halogens is 1. The Hall–Kier alpha value is -0.770. The molecule has 1 saturated heterocycles. The van der Waals surface area contributed by atoms with Gasteiger partial charge in [-0.15, -0.1) is 11.6 Å². The second-order valence-electron chi connectivity index (χ2n) is 3.43. The first-order valence-corrected chi connectivity index (χ1v) is 5.25. The van der Waals surface area contributed by atoms with Crippen molar-refractivity contribution < 1.29 is 9.59 Å². The molecular weight excluding hydrogens is 204 g/mol. The molecule has 80 valence electrons. The molecule has 0 aromatic carbocycles. The van der Waals surface area contributed by atoms with Gasteiger partial charge in [0.25, 0.3) is 0 Å². The van der Waals surface area contributed by atoms with Crippen LogP contribution >= 0.6 is 11.6 Å². The molecule has 14 heavy (non-hydrogen) atoms. The van der Waals surface area contributed by atoms with Gasteiger partial charge >= 0.3 is 0 Å². The molecule has 0 saturated carbocycles. The van der Waals surface area contributed by atoms with Gasteiger partial charge < -0.3 is 10.2 Å². The summed E-state index contributed by atoms with van der Waals surface area (Å²) < 4.78 is 0. The van der Waals surface area contributed by atoms with E-state index in [0.29, 0.717) is 19.5 Å². The number of hydrogen-bond acceptors (Lipinski definition) is 2. The van der Waals surface area contributed by atoms with E-state index in [1.165, 1.54) is 4.90 Å². The Bertz CT molecular complexity index is 233. The van der Waals surface area contributed by atoms with Gasteiger partial charge in [0.05, 0.1) is 11.9 Å². The fourth-order valence-electron chi connectivity index (χ4n) is 1.37. The summed E-state index contributed by atoms with van der Waals surface area (Å²) in [5.74, 6) is -0.136. The van der Waals surface area contributed by atoms with Crippen LogP contribution in [0, 0.1) is 0 Å². The van der Waals surface area contributed by atoms with Gasteiger partial charge in [-0.2, -0.15) is 0 Å². The van der Waals surface area contributed by atoms with Crippen LogP contribution in [0.1, 0.15) is 19.8 Å². The fraction of sp³-hybridized carbons (Fsp3) is 0.778. The summed E-state index contributed by atoms with van der Waals surface area (Å²) >= 11 is 5.80. The molecule has 1 atom stereocenters. The smallest absolute Gasteiger partial charge is 0.239 e. The van der Waals surface area contributed by atoms with Gasteiger partial charge in [-0.25, -0.2) is 0 Å². The quantitative estimate of drug-likeness (QED) is 0.693. The van der Waals surface area contributed by atoms with E-state index in [1.54, 1.807) is 0 Å². The number of likely N-dealkylation sites (tertiary alicyclic amines) is 1. The third-order valence-electron chi connectivity index (χ3n) is 2.07. The van der Waals surface area contributed by atoms with Crippen molar-refractivity contribution in [1.82, 2.24) is 10.2 Å². The van der Waals surface area contributed by atoms with Crippen LogP contribution in [0.5, 0.6) is 0 Å². The molecule has 4 nitrogen and oxygen atoms in total. The van der Waals surface area contributed by atoms with E-state index in [0.717, 1.165) is 6.42 Å². The zero-order valence-electron chi connectivity index (χ0n) is 8.25. The summed E-state index contributed by atoms with van der Waals surface area (Å²) in [5, 5.41) is 2.58. The van der Waals surface area contributed by atoms with Gasteiger partial charge in [0.1, 0.15) is 0 Å². The zero-order valence-corrected chi connectivity index (χ0v) is 9.01. The van der Waals surface area contributed by atoms with E-state index >= 15 is 0 Å². The molecule has 0 aromatic rings. The minimum absolute atomic E-state index is 0.0309. The average Bonchev–Trinajstić information content (AvgIpc) is 2.42. The summed E-state index contributed by atoms with van der Waals surface area (Å²) in [5.41, 5.74) is 0. The summed E-state index contributed by atoms with van der Waals surface area (Å²) in [6.07, 6.45) is 1.25. The second kappa shape index (κ2) is 5.20. The summed E-state index contributed by atoms with van der Waals surface area (Å²) in [7, 11) is 0. The van der Waals surface area contributed by atoms with Crippen molar-refractivity contribution in [2.75, 3.05) is 19.6 Å². The molecule has 1 N–H and O–H groups in total. The molecule has 1 aliphatic rings. The first-order chi connectivity index (χ1) is 6.63. The Morgan fingerprint density at radius 2 is 2.43 bits per heavy atom. The highest BCUT2D eigenvalue weighted by Gasteiger charge is 2.28. The van der Waals surface area contributed by atoms with Crippen LogP contribution < -0.4 is 5.32 Å². The maximum Gasteiger partial charge on any atom is 0.239 e. The first kappa shape index (κ1) is 11.3. The van der Waals surface area contributed by atoms with Crippen LogP contribution in [-0.4, -0.2) is 41.7 Å². The van der Waals surface area contributed by atoms with Crippen molar-refractivity contribution in [2.45, 2.75) is 25.1 Å². The minimum Gasteiger partial charge on any atom is -0.355 e. The lowest BCUT2D eigenvalue weighted by Crippen LogP contribution is -2.38. The largest absolute Gasteiger partial charge is 0.355 e. The van der Waals surface area contributed by atoms with E-state index in [9.17, 15) is 9.59 Å². The van der Waals surface area contributed by atoms with E-state index in [-0.39, 0.29) is 23.7 Å². The van der Waals surface area contributed by atoms with Gasteiger partial charge in [-0.1, -0.05) is 6.92 Å². The predicted octanol–water partition coefficient (Wildman–Crippen LogP) is 0.352. The van der Waals surface area contributed by atoms with Crippen molar-refractivity contribution >= 4 is 23.4 Å². The molecule has 1 aliphatic heterocycles. The molecular formula is C9H15ClN2O2. The van der Waals surface area contributed by atoms with Crippen LogP contribution in [-0.2, 0) is 9.59 Å². The van der Waals surface area contributed by atoms with E-state index in [2.05, 4.69) is 5.32 Å². The van der Waals surface area contributed by atoms with Crippen molar-refractivity contribution in [3.8, 4) is 0 Å². The standard InChI is InChI=1S/C9H15ClN2O2/c1-2-3-11-8(13)6-12-5-7(10)4-9(12)14/h7H,2-6H2,1H3,(H,11,13). The minimum atomic E-state index is -0.138. The fourth-order valence-corrected chi connectivity index (χ4v) is 1.67. The highest BCUT2D eigenvalue weighted by Crippen LogP contribution is 2.15. The molecule has 1 fully saturated rings. The van der Waals surface area contributed by atoms with E-state index in [1.807, 2.05) is 6.92 Å². The summed E-state index contributed by atoms with van der Waals surface area (Å²) in [4.78, 5) is 24.0. The molecule has 0 radical (unpaired) electrons. The monoisotopic (exact) mass is 218 g/mol. The topological polar surface area (TPSA) is 49.4 Å². The van der Waals surface area contributed by atoms with Crippen molar-refractivity contribution in [3.63, 3.8) is 0 Å². The number of hydrogen-bond donors (Lipinski definition) is 1. The average molecular weight is 219 g/mol. The van der Waals surface area contributed by atoms with E-state index in [4.69, 9.17) is 11.6 Å². The Kier molecular flexibility index (Phi) is 4.20. The number of alkyl halides is 1.